The molecule has 9 heteroatoms. The van der Waals surface area contributed by atoms with Gasteiger partial charge in [0.05, 0.1) is 3.79 Å². The predicted octanol–water partition coefficient (Wildman–Crippen LogP) is 4.18. The maximum Gasteiger partial charge on any atom is 0.250 e. The molecule has 3 rings (SSSR count). The van der Waals surface area contributed by atoms with E-state index >= 15 is 0 Å². The molecule has 0 bridgehead atoms. The van der Waals surface area contributed by atoms with Crippen LogP contribution in [-0.4, -0.2) is 20.4 Å². The van der Waals surface area contributed by atoms with Crippen LogP contribution in [-0.2, 0) is 21.2 Å². The van der Waals surface area contributed by atoms with E-state index in [0.29, 0.717) is 3.79 Å². The summed E-state index contributed by atoms with van der Waals surface area (Å²) < 4.78 is 42.0. The summed E-state index contributed by atoms with van der Waals surface area (Å²) in [5.41, 5.74) is 1.04. The fourth-order valence-corrected chi connectivity index (χ4v) is 5.74. The first-order valence-corrected chi connectivity index (χ1v) is 11.3. The van der Waals surface area contributed by atoms with E-state index in [1.54, 1.807) is 18.2 Å². The first-order valence-electron chi connectivity index (χ1n) is 8.21. The zero-order chi connectivity index (χ0) is 20.1. The van der Waals surface area contributed by atoms with Crippen LogP contribution in [0.15, 0.2) is 74.7 Å². The molecule has 1 amide bonds. The number of amides is 1. The van der Waals surface area contributed by atoms with E-state index in [1.807, 2.05) is 18.2 Å². The summed E-state index contributed by atoms with van der Waals surface area (Å²) in [5, 5.41) is 2.57. The van der Waals surface area contributed by atoms with Crippen molar-refractivity contribution in [3.05, 3.63) is 81.9 Å². The van der Waals surface area contributed by atoms with Gasteiger partial charge >= 0.3 is 0 Å². The first kappa shape index (κ1) is 20.7. The van der Waals surface area contributed by atoms with Crippen molar-refractivity contribution in [3.63, 3.8) is 0 Å². The van der Waals surface area contributed by atoms with Gasteiger partial charge in [0.25, 0.3) is 10.0 Å². The number of carbonyl (C=O) groups is 1. The van der Waals surface area contributed by atoms with Crippen molar-refractivity contribution in [2.45, 2.75) is 16.7 Å². The van der Waals surface area contributed by atoms with Crippen LogP contribution in [0.5, 0.6) is 0 Å². The third-order valence-corrected chi connectivity index (χ3v) is 7.39. The number of benzene rings is 2. The van der Waals surface area contributed by atoms with Crippen molar-refractivity contribution < 1.29 is 17.6 Å². The fourth-order valence-electron chi connectivity index (χ4n) is 2.52. The van der Waals surface area contributed by atoms with Crippen molar-refractivity contribution in [1.82, 2.24) is 4.72 Å². The molecule has 146 valence electrons. The van der Waals surface area contributed by atoms with Crippen molar-refractivity contribution in [2.24, 2.45) is 0 Å². The van der Waals surface area contributed by atoms with E-state index < -0.39 is 27.8 Å². The Kier molecular flexibility index (Phi) is 6.61. The molecule has 0 aliphatic heterocycles. The molecule has 28 heavy (non-hydrogen) atoms. The van der Waals surface area contributed by atoms with Crippen LogP contribution < -0.4 is 10.0 Å². The van der Waals surface area contributed by atoms with Gasteiger partial charge in [0.1, 0.15) is 16.1 Å². The van der Waals surface area contributed by atoms with E-state index in [1.165, 1.54) is 30.3 Å². The standard InChI is InChI=1S/C19H16BrFN2O3S2/c20-17-9-10-18(27-17)28(25,26)23-16(11-13-5-2-1-3-6-13)19(24)22-15-8-4-7-14(21)12-15/h1-10,12,16,23H,11H2,(H,22,24)/t16-/m1/s1. The lowest BCUT2D eigenvalue weighted by molar-refractivity contribution is -0.117. The number of sulfonamides is 1. The van der Waals surface area contributed by atoms with Gasteiger partial charge in [-0.25, -0.2) is 12.8 Å². The van der Waals surface area contributed by atoms with E-state index in [9.17, 15) is 17.6 Å². The second-order valence-electron chi connectivity index (χ2n) is 5.92. The van der Waals surface area contributed by atoms with E-state index in [2.05, 4.69) is 26.0 Å². The fraction of sp³-hybridized carbons (Fsp3) is 0.105. The van der Waals surface area contributed by atoms with Gasteiger partial charge in [0.2, 0.25) is 5.91 Å². The number of carbonyl (C=O) groups excluding carboxylic acids is 1. The van der Waals surface area contributed by atoms with Gasteiger partial charge in [-0.1, -0.05) is 36.4 Å². The first-order chi connectivity index (χ1) is 13.3. The Bertz CT molecular complexity index is 1070. The highest BCUT2D eigenvalue weighted by atomic mass is 79.9. The number of rotatable bonds is 7. The average Bonchev–Trinajstić information content (AvgIpc) is 3.09. The number of nitrogens with one attached hydrogen (secondary N) is 2. The maximum absolute atomic E-state index is 13.4. The Morgan fingerprint density at radius 3 is 2.46 bits per heavy atom. The minimum Gasteiger partial charge on any atom is -0.325 e. The predicted molar refractivity (Wildman–Crippen MR) is 111 cm³/mol. The maximum atomic E-state index is 13.4. The molecular weight excluding hydrogens is 467 g/mol. The van der Waals surface area contributed by atoms with Crippen LogP contribution >= 0.6 is 27.3 Å². The number of hydrogen-bond donors (Lipinski definition) is 2. The minimum atomic E-state index is -3.90. The van der Waals surface area contributed by atoms with Crippen molar-refractivity contribution in [3.8, 4) is 0 Å². The summed E-state index contributed by atoms with van der Waals surface area (Å²) in [7, 11) is -3.90. The van der Waals surface area contributed by atoms with Gasteiger partial charge < -0.3 is 5.32 Å². The van der Waals surface area contributed by atoms with Crippen LogP contribution in [0, 0.1) is 5.82 Å². The zero-order valence-electron chi connectivity index (χ0n) is 14.4. The summed E-state index contributed by atoms with van der Waals surface area (Å²) >= 11 is 4.28. The molecule has 2 N–H and O–H groups in total. The number of thiophene rings is 1. The lowest BCUT2D eigenvalue weighted by Crippen LogP contribution is -2.45. The van der Waals surface area contributed by atoms with Gasteiger partial charge in [-0.2, -0.15) is 4.72 Å². The molecule has 0 spiro atoms. The van der Waals surface area contributed by atoms with Gasteiger partial charge in [0, 0.05) is 5.69 Å². The molecule has 1 aromatic heterocycles. The summed E-state index contributed by atoms with van der Waals surface area (Å²) in [6, 6.07) is 16.5. The lowest BCUT2D eigenvalue weighted by Gasteiger charge is -2.18. The minimum absolute atomic E-state index is 0.0935. The van der Waals surface area contributed by atoms with E-state index in [0.717, 1.165) is 16.9 Å². The Morgan fingerprint density at radius 2 is 1.82 bits per heavy atom. The summed E-state index contributed by atoms with van der Waals surface area (Å²) in [6.45, 7) is 0. The van der Waals surface area contributed by atoms with Crippen molar-refractivity contribution in [2.75, 3.05) is 5.32 Å². The Morgan fingerprint density at radius 1 is 1.07 bits per heavy atom. The smallest absolute Gasteiger partial charge is 0.250 e. The highest BCUT2D eigenvalue weighted by Gasteiger charge is 2.27. The highest BCUT2D eigenvalue weighted by Crippen LogP contribution is 2.26. The molecule has 1 heterocycles. The largest absolute Gasteiger partial charge is 0.325 e. The molecule has 3 aromatic rings. The van der Waals surface area contributed by atoms with Crippen molar-refractivity contribution in [1.29, 1.82) is 0 Å². The molecular formula is C19H16BrFN2O3S2. The second-order valence-corrected chi connectivity index (χ2v) is 10.3. The quantitative estimate of drug-likeness (QED) is 0.530. The van der Waals surface area contributed by atoms with Crippen LogP contribution in [0.3, 0.4) is 0 Å². The lowest BCUT2D eigenvalue weighted by atomic mass is 10.1. The molecule has 0 saturated heterocycles. The van der Waals surface area contributed by atoms with Crippen LogP contribution in [0.25, 0.3) is 0 Å². The third kappa shape index (κ3) is 5.48. The molecule has 2 aromatic carbocycles. The Labute approximate surface area is 174 Å². The van der Waals surface area contributed by atoms with Gasteiger partial charge in [0.15, 0.2) is 0 Å². The summed E-state index contributed by atoms with van der Waals surface area (Å²) in [4.78, 5) is 12.8. The molecule has 0 fully saturated rings. The molecule has 0 saturated carbocycles. The molecule has 5 nitrogen and oxygen atoms in total. The van der Waals surface area contributed by atoms with Crippen LogP contribution in [0.4, 0.5) is 10.1 Å². The van der Waals surface area contributed by atoms with E-state index in [4.69, 9.17) is 0 Å². The zero-order valence-corrected chi connectivity index (χ0v) is 17.7. The van der Waals surface area contributed by atoms with Crippen LogP contribution in [0.1, 0.15) is 5.56 Å². The number of hydrogen-bond acceptors (Lipinski definition) is 4. The number of anilines is 1. The monoisotopic (exact) mass is 482 g/mol. The molecule has 0 aliphatic carbocycles. The molecule has 1 atom stereocenters. The topological polar surface area (TPSA) is 75.3 Å². The van der Waals surface area contributed by atoms with Crippen LogP contribution in [0.2, 0.25) is 0 Å². The highest BCUT2D eigenvalue weighted by molar-refractivity contribution is 9.11. The number of halogens is 2. The second kappa shape index (κ2) is 8.95. The van der Waals surface area contributed by atoms with Crippen molar-refractivity contribution >= 4 is 48.9 Å². The van der Waals surface area contributed by atoms with Gasteiger partial charge in [-0.15, -0.1) is 11.3 Å². The van der Waals surface area contributed by atoms with E-state index in [-0.39, 0.29) is 16.3 Å². The Hall–Kier alpha value is -2.07. The molecule has 0 radical (unpaired) electrons. The third-order valence-electron chi connectivity index (χ3n) is 3.80. The summed E-state index contributed by atoms with van der Waals surface area (Å²) in [5.74, 6) is -1.07. The molecule has 0 aliphatic rings. The van der Waals surface area contributed by atoms with Gasteiger partial charge in [-0.05, 0) is 58.2 Å². The normalized spacial score (nSPS) is 12.5. The van der Waals surface area contributed by atoms with Gasteiger partial charge in [-0.3, -0.25) is 4.79 Å². The summed E-state index contributed by atoms with van der Waals surface area (Å²) in [6.07, 6.45) is 0.147. The SMILES string of the molecule is O=C(Nc1cccc(F)c1)[C@@H](Cc1ccccc1)NS(=O)(=O)c1ccc(Br)s1. The molecule has 0 unspecified atom stereocenters. The average molecular weight is 483 g/mol. The Balaban J connectivity index is 1.85.